The van der Waals surface area contributed by atoms with Crippen molar-refractivity contribution in [1.82, 2.24) is 10.2 Å². The summed E-state index contributed by atoms with van der Waals surface area (Å²) in [5.74, 6) is -0.284. The zero-order valence-electron chi connectivity index (χ0n) is 14.6. The standard InChI is InChI=1S/C15H22N2O4.C2H4O2/c18-12(11-9-14(11)1-5-16-6-2-14)17-7-3-15(4-8-17)10-20-13(19)21-15;1-2(3)4/h11,16H,1-10H2;1H3,(H,3,4). The number of carboxylic acids is 1. The number of amides is 1. The minimum atomic E-state index is -0.833. The lowest BCUT2D eigenvalue weighted by molar-refractivity contribution is -0.137. The van der Waals surface area contributed by atoms with Gasteiger partial charge in [-0.15, -0.1) is 0 Å². The molecule has 2 N–H and O–H groups in total. The fourth-order valence-electron chi connectivity index (χ4n) is 4.20. The van der Waals surface area contributed by atoms with E-state index in [4.69, 9.17) is 19.4 Å². The quantitative estimate of drug-likeness (QED) is 0.677. The molecule has 1 atom stereocenters. The van der Waals surface area contributed by atoms with Crippen molar-refractivity contribution in [2.75, 3.05) is 32.8 Å². The van der Waals surface area contributed by atoms with Gasteiger partial charge in [0.1, 0.15) is 6.61 Å². The number of hydrogen-bond acceptors (Lipinski definition) is 6. The first-order chi connectivity index (χ1) is 11.9. The normalized spacial score (nSPS) is 28.6. The molecule has 3 heterocycles. The highest BCUT2D eigenvalue weighted by Gasteiger charge is 2.59. The van der Waals surface area contributed by atoms with Crippen molar-refractivity contribution in [3.05, 3.63) is 0 Å². The molecule has 25 heavy (non-hydrogen) atoms. The van der Waals surface area contributed by atoms with Crippen LogP contribution >= 0.6 is 0 Å². The minimum absolute atomic E-state index is 0.232. The number of piperidine rings is 2. The number of likely N-dealkylation sites (tertiary alicyclic amines) is 1. The average molecular weight is 354 g/mol. The summed E-state index contributed by atoms with van der Waals surface area (Å²) in [4.78, 5) is 34.8. The van der Waals surface area contributed by atoms with Crippen LogP contribution in [0.15, 0.2) is 0 Å². The van der Waals surface area contributed by atoms with Crippen molar-refractivity contribution < 1.29 is 29.0 Å². The van der Waals surface area contributed by atoms with Crippen LogP contribution in [0.1, 0.15) is 39.0 Å². The second-order valence-corrected chi connectivity index (χ2v) is 7.54. The highest BCUT2D eigenvalue weighted by molar-refractivity contribution is 5.83. The van der Waals surface area contributed by atoms with Crippen LogP contribution in [0, 0.1) is 11.3 Å². The van der Waals surface area contributed by atoms with Gasteiger partial charge in [-0.1, -0.05) is 0 Å². The summed E-state index contributed by atoms with van der Waals surface area (Å²) < 4.78 is 10.2. The van der Waals surface area contributed by atoms with Gasteiger partial charge in [0, 0.05) is 38.8 Å². The summed E-state index contributed by atoms with van der Waals surface area (Å²) in [5, 5.41) is 10.8. The topological polar surface area (TPSA) is 105 Å². The molecule has 0 aromatic carbocycles. The van der Waals surface area contributed by atoms with Crippen LogP contribution in [0.25, 0.3) is 0 Å². The molecule has 4 rings (SSSR count). The lowest BCUT2D eigenvalue weighted by atomic mass is 9.90. The van der Waals surface area contributed by atoms with Gasteiger partial charge in [-0.2, -0.15) is 0 Å². The molecule has 1 saturated carbocycles. The van der Waals surface area contributed by atoms with Gasteiger partial charge in [0.2, 0.25) is 5.91 Å². The number of cyclic esters (lactones) is 1. The second kappa shape index (κ2) is 6.82. The van der Waals surface area contributed by atoms with Gasteiger partial charge in [-0.25, -0.2) is 4.79 Å². The van der Waals surface area contributed by atoms with Crippen molar-refractivity contribution in [3.63, 3.8) is 0 Å². The van der Waals surface area contributed by atoms with E-state index in [1.165, 1.54) is 0 Å². The summed E-state index contributed by atoms with van der Waals surface area (Å²) in [6.45, 7) is 4.87. The van der Waals surface area contributed by atoms with Crippen LogP contribution in [0.2, 0.25) is 0 Å². The number of carbonyl (C=O) groups excluding carboxylic acids is 2. The molecule has 4 fully saturated rings. The first kappa shape index (κ1) is 18.0. The summed E-state index contributed by atoms with van der Waals surface area (Å²) in [5.41, 5.74) is -0.176. The van der Waals surface area contributed by atoms with E-state index in [9.17, 15) is 9.59 Å². The van der Waals surface area contributed by atoms with Crippen LogP contribution in [-0.4, -0.2) is 66.4 Å². The van der Waals surface area contributed by atoms with Crippen molar-refractivity contribution in [2.45, 2.75) is 44.6 Å². The second-order valence-electron chi connectivity index (χ2n) is 7.54. The molecule has 1 aliphatic carbocycles. The number of nitrogens with zero attached hydrogens (tertiary/aromatic N) is 1. The number of carboxylic acid groups (broad SMARTS) is 1. The van der Waals surface area contributed by atoms with E-state index < -0.39 is 17.7 Å². The van der Waals surface area contributed by atoms with Gasteiger partial charge < -0.3 is 24.8 Å². The molecule has 3 saturated heterocycles. The Morgan fingerprint density at radius 2 is 1.80 bits per heavy atom. The summed E-state index contributed by atoms with van der Waals surface area (Å²) >= 11 is 0. The molecule has 1 unspecified atom stereocenters. The van der Waals surface area contributed by atoms with Crippen LogP contribution < -0.4 is 5.32 Å². The maximum absolute atomic E-state index is 12.7. The maximum atomic E-state index is 12.7. The lowest BCUT2D eigenvalue weighted by Crippen LogP contribution is -2.49. The minimum Gasteiger partial charge on any atom is -0.481 e. The largest absolute Gasteiger partial charge is 0.509 e. The molecule has 2 spiro atoms. The number of aliphatic carboxylic acids is 1. The predicted molar refractivity (Wildman–Crippen MR) is 86.9 cm³/mol. The Labute approximate surface area is 146 Å². The number of hydrogen-bond donors (Lipinski definition) is 2. The summed E-state index contributed by atoms with van der Waals surface area (Å²) in [6.07, 6.45) is 4.16. The Morgan fingerprint density at radius 3 is 2.32 bits per heavy atom. The van der Waals surface area contributed by atoms with Gasteiger partial charge in [0.05, 0.1) is 0 Å². The molecule has 1 amide bonds. The molecular weight excluding hydrogens is 328 g/mol. The van der Waals surface area contributed by atoms with E-state index in [-0.39, 0.29) is 5.92 Å². The van der Waals surface area contributed by atoms with E-state index in [0.29, 0.717) is 43.9 Å². The average Bonchev–Trinajstić information content (AvgIpc) is 3.13. The Morgan fingerprint density at radius 1 is 1.20 bits per heavy atom. The highest BCUT2D eigenvalue weighted by Crippen LogP contribution is 2.59. The van der Waals surface area contributed by atoms with Crippen LogP contribution in [0.3, 0.4) is 0 Å². The monoisotopic (exact) mass is 354 g/mol. The highest BCUT2D eigenvalue weighted by atomic mass is 16.8. The van der Waals surface area contributed by atoms with Crippen LogP contribution in [-0.2, 0) is 19.1 Å². The molecule has 3 aliphatic heterocycles. The molecule has 8 heteroatoms. The summed E-state index contributed by atoms with van der Waals surface area (Å²) in [6, 6.07) is 0. The van der Waals surface area contributed by atoms with Crippen LogP contribution in [0.5, 0.6) is 0 Å². The first-order valence-corrected chi connectivity index (χ1v) is 8.91. The Kier molecular flexibility index (Phi) is 4.90. The van der Waals surface area contributed by atoms with Crippen molar-refractivity contribution >= 4 is 18.0 Å². The first-order valence-electron chi connectivity index (χ1n) is 8.91. The predicted octanol–water partition coefficient (Wildman–Crippen LogP) is 0.995. The van der Waals surface area contributed by atoms with E-state index in [0.717, 1.165) is 39.3 Å². The number of rotatable bonds is 1. The summed E-state index contributed by atoms with van der Waals surface area (Å²) in [7, 11) is 0. The van der Waals surface area contributed by atoms with Gasteiger partial charge in [-0.3, -0.25) is 9.59 Å². The molecule has 4 aliphatic rings. The molecular formula is C17H26N2O6. The fraction of sp³-hybridized carbons (Fsp3) is 0.824. The van der Waals surface area contributed by atoms with E-state index >= 15 is 0 Å². The third-order valence-corrected chi connectivity index (χ3v) is 5.83. The van der Waals surface area contributed by atoms with Crippen LogP contribution in [0.4, 0.5) is 4.79 Å². The third kappa shape index (κ3) is 3.89. The number of ether oxygens (including phenoxy) is 2. The Balaban J connectivity index is 0.000000415. The molecule has 8 nitrogen and oxygen atoms in total. The molecule has 0 bridgehead atoms. The molecule has 140 valence electrons. The lowest BCUT2D eigenvalue weighted by Gasteiger charge is -2.37. The number of nitrogens with one attached hydrogen (secondary N) is 1. The van der Waals surface area contributed by atoms with Gasteiger partial charge in [-0.05, 0) is 37.8 Å². The molecule has 0 radical (unpaired) electrons. The number of carbonyl (C=O) groups is 3. The van der Waals surface area contributed by atoms with Crippen molar-refractivity contribution in [2.24, 2.45) is 11.3 Å². The van der Waals surface area contributed by atoms with E-state index in [2.05, 4.69) is 5.32 Å². The zero-order valence-corrected chi connectivity index (χ0v) is 14.6. The van der Waals surface area contributed by atoms with E-state index in [1.54, 1.807) is 0 Å². The maximum Gasteiger partial charge on any atom is 0.509 e. The zero-order chi connectivity index (χ0) is 18.1. The van der Waals surface area contributed by atoms with Crippen molar-refractivity contribution in [1.29, 1.82) is 0 Å². The smallest absolute Gasteiger partial charge is 0.481 e. The molecule has 0 aromatic heterocycles. The van der Waals surface area contributed by atoms with E-state index in [1.807, 2.05) is 4.90 Å². The SMILES string of the molecule is CC(=O)O.O=C1OCC2(CCN(C(=O)C3CC34CCNCC4)CC2)O1. The van der Waals surface area contributed by atoms with Crippen molar-refractivity contribution in [3.8, 4) is 0 Å². The van der Waals surface area contributed by atoms with Gasteiger partial charge >= 0.3 is 6.16 Å². The Bertz CT molecular complexity index is 545. The fourth-order valence-corrected chi connectivity index (χ4v) is 4.20. The van der Waals surface area contributed by atoms with Gasteiger partial charge in [0.15, 0.2) is 5.60 Å². The molecule has 0 aromatic rings. The third-order valence-electron chi connectivity index (χ3n) is 5.83. The Hall–Kier alpha value is -1.83. The van der Waals surface area contributed by atoms with Gasteiger partial charge in [0.25, 0.3) is 5.97 Å².